The Labute approximate surface area is 104 Å². The fourth-order valence-electron chi connectivity index (χ4n) is 1.66. The van der Waals surface area contributed by atoms with Crippen molar-refractivity contribution in [2.45, 2.75) is 47.1 Å². The average Bonchev–Trinajstić information content (AvgIpc) is 2.20. The number of hydrogen-bond donors (Lipinski definition) is 1. The van der Waals surface area contributed by atoms with E-state index in [1.807, 2.05) is 12.1 Å². The molecule has 1 aromatic carbocycles. The molecule has 0 spiro atoms. The van der Waals surface area contributed by atoms with Crippen molar-refractivity contribution in [2.75, 3.05) is 6.54 Å². The molecule has 0 amide bonds. The lowest BCUT2D eigenvalue weighted by atomic mass is 9.92. The van der Waals surface area contributed by atoms with Crippen LogP contribution in [0.15, 0.2) is 18.2 Å². The van der Waals surface area contributed by atoms with Gasteiger partial charge in [0, 0.05) is 6.04 Å². The van der Waals surface area contributed by atoms with E-state index in [9.17, 15) is 4.39 Å². The summed E-state index contributed by atoms with van der Waals surface area (Å²) in [7, 11) is 0. The smallest absolute Gasteiger partial charge is 0.126 e. The highest BCUT2D eigenvalue weighted by Gasteiger charge is 2.11. The van der Waals surface area contributed by atoms with E-state index in [2.05, 4.69) is 33.0 Å². The fourth-order valence-corrected chi connectivity index (χ4v) is 1.66. The zero-order valence-electron chi connectivity index (χ0n) is 11.6. The highest BCUT2D eigenvalue weighted by molar-refractivity contribution is 5.25. The SMILES string of the molecule is Cc1ccc(C(C)NCCC(C)(C)C)cc1F. The number of aryl methyl sites for hydroxylation is 1. The number of rotatable bonds is 4. The zero-order valence-corrected chi connectivity index (χ0v) is 11.6. The normalized spacial score (nSPS) is 13.8. The second kappa shape index (κ2) is 5.63. The first-order chi connectivity index (χ1) is 7.79. The zero-order chi connectivity index (χ0) is 13.1. The molecule has 1 rings (SSSR count). The molecular formula is C15H24FN. The number of hydrogen-bond acceptors (Lipinski definition) is 1. The van der Waals surface area contributed by atoms with E-state index in [0.717, 1.165) is 18.5 Å². The molecule has 0 aliphatic rings. The van der Waals surface area contributed by atoms with Crippen LogP contribution in [0.4, 0.5) is 4.39 Å². The first kappa shape index (κ1) is 14.2. The quantitative estimate of drug-likeness (QED) is 0.826. The van der Waals surface area contributed by atoms with Gasteiger partial charge in [-0.3, -0.25) is 0 Å². The lowest BCUT2D eigenvalue weighted by Gasteiger charge is -2.21. The monoisotopic (exact) mass is 237 g/mol. The highest BCUT2D eigenvalue weighted by Crippen LogP contribution is 2.19. The minimum Gasteiger partial charge on any atom is -0.310 e. The van der Waals surface area contributed by atoms with Gasteiger partial charge < -0.3 is 5.32 Å². The largest absolute Gasteiger partial charge is 0.310 e. The first-order valence-electron chi connectivity index (χ1n) is 6.29. The molecule has 1 unspecified atom stereocenters. The van der Waals surface area contributed by atoms with Crippen LogP contribution >= 0.6 is 0 Å². The average molecular weight is 237 g/mol. The van der Waals surface area contributed by atoms with E-state index in [1.54, 1.807) is 13.0 Å². The molecule has 1 nitrogen and oxygen atoms in total. The van der Waals surface area contributed by atoms with Gasteiger partial charge in [-0.25, -0.2) is 4.39 Å². The van der Waals surface area contributed by atoms with Crippen molar-refractivity contribution in [1.29, 1.82) is 0 Å². The van der Waals surface area contributed by atoms with Crippen LogP contribution in [0, 0.1) is 18.2 Å². The van der Waals surface area contributed by atoms with Gasteiger partial charge in [0.1, 0.15) is 5.82 Å². The maximum absolute atomic E-state index is 13.4. The molecule has 2 heteroatoms. The van der Waals surface area contributed by atoms with Crippen LogP contribution in [-0.4, -0.2) is 6.54 Å². The highest BCUT2D eigenvalue weighted by atomic mass is 19.1. The summed E-state index contributed by atoms with van der Waals surface area (Å²) in [5, 5.41) is 3.44. The van der Waals surface area contributed by atoms with Gasteiger partial charge in [0.2, 0.25) is 0 Å². The topological polar surface area (TPSA) is 12.0 Å². The fraction of sp³-hybridized carbons (Fsp3) is 0.600. The van der Waals surface area contributed by atoms with Crippen molar-refractivity contribution in [3.63, 3.8) is 0 Å². The van der Waals surface area contributed by atoms with Crippen LogP contribution in [0.3, 0.4) is 0 Å². The minimum absolute atomic E-state index is 0.119. The van der Waals surface area contributed by atoms with Crippen molar-refractivity contribution in [1.82, 2.24) is 5.32 Å². The summed E-state index contributed by atoms with van der Waals surface area (Å²) in [5.74, 6) is -0.119. The molecule has 1 N–H and O–H groups in total. The molecule has 0 saturated heterocycles. The molecule has 1 aromatic rings. The maximum Gasteiger partial charge on any atom is 0.126 e. The Hall–Kier alpha value is -0.890. The molecule has 17 heavy (non-hydrogen) atoms. The molecular weight excluding hydrogens is 213 g/mol. The molecule has 96 valence electrons. The predicted octanol–water partition coefficient (Wildman–Crippen LogP) is 4.22. The summed E-state index contributed by atoms with van der Waals surface area (Å²) in [6.45, 7) is 11.5. The van der Waals surface area contributed by atoms with Crippen LogP contribution in [0.25, 0.3) is 0 Å². The molecule has 0 radical (unpaired) electrons. The van der Waals surface area contributed by atoms with Crippen molar-refractivity contribution in [2.24, 2.45) is 5.41 Å². The molecule has 1 atom stereocenters. The van der Waals surface area contributed by atoms with Gasteiger partial charge >= 0.3 is 0 Å². The van der Waals surface area contributed by atoms with Crippen molar-refractivity contribution >= 4 is 0 Å². The molecule has 0 fully saturated rings. The Balaban J connectivity index is 2.52. The summed E-state index contributed by atoms with van der Waals surface area (Å²) in [6.07, 6.45) is 1.12. The Kier molecular flexibility index (Phi) is 4.70. The number of halogens is 1. The Morgan fingerprint density at radius 2 is 1.94 bits per heavy atom. The maximum atomic E-state index is 13.4. The van der Waals surface area contributed by atoms with Gasteiger partial charge in [-0.15, -0.1) is 0 Å². The summed E-state index contributed by atoms with van der Waals surface area (Å²) >= 11 is 0. The molecule has 0 aliphatic carbocycles. The van der Waals surface area contributed by atoms with Crippen molar-refractivity contribution in [3.8, 4) is 0 Å². The van der Waals surface area contributed by atoms with E-state index in [-0.39, 0.29) is 11.9 Å². The van der Waals surface area contributed by atoms with Gasteiger partial charge in [-0.1, -0.05) is 32.9 Å². The van der Waals surface area contributed by atoms with Gasteiger partial charge in [0.05, 0.1) is 0 Å². The van der Waals surface area contributed by atoms with Crippen LogP contribution in [0.2, 0.25) is 0 Å². The molecule has 0 bridgehead atoms. The van der Waals surface area contributed by atoms with Gasteiger partial charge in [-0.2, -0.15) is 0 Å². The van der Waals surface area contributed by atoms with E-state index in [0.29, 0.717) is 11.0 Å². The van der Waals surface area contributed by atoms with Gasteiger partial charge in [0.25, 0.3) is 0 Å². The minimum atomic E-state index is -0.119. The van der Waals surface area contributed by atoms with Crippen molar-refractivity contribution in [3.05, 3.63) is 35.1 Å². The van der Waals surface area contributed by atoms with Crippen molar-refractivity contribution < 1.29 is 4.39 Å². The third-order valence-corrected chi connectivity index (χ3v) is 3.02. The standard InChI is InChI=1S/C15H24FN/c1-11-6-7-13(10-14(11)16)12(2)17-9-8-15(3,4)5/h6-7,10,12,17H,8-9H2,1-5H3. The van der Waals surface area contributed by atoms with E-state index in [4.69, 9.17) is 0 Å². The Bertz CT molecular complexity index is 366. The second-order valence-electron chi connectivity index (χ2n) is 6.00. The van der Waals surface area contributed by atoms with Gasteiger partial charge in [-0.05, 0) is 49.4 Å². The van der Waals surface area contributed by atoms with Crippen LogP contribution in [0.1, 0.15) is 51.3 Å². The Morgan fingerprint density at radius 3 is 2.47 bits per heavy atom. The number of nitrogens with one attached hydrogen (secondary N) is 1. The van der Waals surface area contributed by atoms with E-state index < -0.39 is 0 Å². The molecule has 0 aliphatic heterocycles. The van der Waals surface area contributed by atoms with E-state index in [1.165, 1.54) is 0 Å². The molecule has 0 aromatic heterocycles. The van der Waals surface area contributed by atoms with Crippen LogP contribution in [-0.2, 0) is 0 Å². The lowest BCUT2D eigenvalue weighted by molar-refractivity contribution is 0.358. The van der Waals surface area contributed by atoms with Crippen LogP contribution in [0.5, 0.6) is 0 Å². The second-order valence-corrected chi connectivity index (χ2v) is 6.00. The first-order valence-corrected chi connectivity index (χ1v) is 6.29. The van der Waals surface area contributed by atoms with E-state index >= 15 is 0 Å². The summed E-state index contributed by atoms with van der Waals surface area (Å²) in [5.41, 5.74) is 2.06. The third-order valence-electron chi connectivity index (χ3n) is 3.02. The molecule has 0 heterocycles. The molecule has 0 saturated carbocycles. The van der Waals surface area contributed by atoms with Gasteiger partial charge in [0.15, 0.2) is 0 Å². The summed E-state index contributed by atoms with van der Waals surface area (Å²) < 4.78 is 13.4. The third kappa shape index (κ3) is 4.86. The number of benzene rings is 1. The van der Waals surface area contributed by atoms with Crippen LogP contribution < -0.4 is 5.32 Å². The lowest BCUT2D eigenvalue weighted by Crippen LogP contribution is -2.23. The Morgan fingerprint density at radius 1 is 1.29 bits per heavy atom. The summed E-state index contributed by atoms with van der Waals surface area (Å²) in [4.78, 5) is 0. The summed E-state index contributed by atoms with van der Waals surface area (Å²) in [6, 6.07) is 5.66. The predicted molar refractivity (Wildman–Crippen MR) is 71.6 cm³/mol.